The van der Waals surface area contributed by atoms with Crippen LogP contribution in [-0.2, 0) is 10.0 Å². The monoisotopic (exact) mass is 271 g/mol. The minimum absolute atomic E-state index is 0.246. The zero-order valence-corrected chi connectivity index (χ0v) is 11.3. The van der Waals surface area contributed by atoms with E-state index in [4.69, 9.17) is 4.52 Å². The van der Waals surface area contributed by atoms with Gasteiger partial charge >= 0.3 is 0 Å². The van der Waals surface area contributed by atoms with E-state index in [1.807, 2.05) is 0 Å². The number of hydrogen-bond acceptors (Lipinski definition) is 5. The third-order valence-corrected chi connectivity index (χ3v) is 6.00. The first-order valence-corrected chi connectivity index (χ1v) is 7.58. The Morgan fingerprint density at radius 1 is 1.28 bits per heavy atom. The van der Waals surface area contributed by atoms with Crippen molar-refractivity contribution in [2.75, 3.05) is 26.2 Å². The van der Waals surface area contributed by atoms with Crippen LogP contribution in [0.2, 0.25) is 0 Å². The summed E-state index contributed by atoms with van der Waals surface area (Å²) in [6.07, 6.45) is 0. The van der Waals surface area contributed by atoms with Crippen molar-refractivity contribution >= 4 is 10.0 Å². The molecule has 1 aromatic heterocycles. The fraction of sp³-hybridized carbons (Fsp3) is 0.727. The Bertz CT molecular complexity index is 535. The summed E-state index contributed by atoms with van der Waals surface area (Å²) in [5.74, 6) is 1.27. The summed E-state index contributed by atoms with van der Waals surface area (Å²) >= 11 is 0. The van der Waals surface area contributed by atoms with Crippen LogP contribution in [0.25, 0.3) is 0 Å². The second-order valence-corrected chi connectivity index (χ2v) is 7.03. The lowest BCUT2D eigenvalue weighted by Crippen LogP contribution is -2.32. The number of rotatable bonds is 2. The van der Waals surface area contributed by atoms with Gasteiger partial charge in [-0.2, -0.15) is 4.31 Å². The fourth-order valence-electron chi connectivity index (χ4n) is 2.98. The highest BCUT2D eigenvalue weighted by Crippen LogP contribution is 2.32. The zero-order valence-electron chi connectivity index (χ0n) is 10.5. The van der Waals surface area contributed by atoms with Gasteiger partial charge in [0.15, 0.2) is 5.76 Å². The Balaban J connectivity index is 1.92. The maximum atomic E-state index is 12.6. The number of nitrogens with one attached hydrogen (secondary N) is 1. The molecule has 0 amide bonds. The highest BCUT2D eigenvalue weighted by molar-refractivity contribution is 7.89. The highest BCUT2D eigenvalue weighted by Gasteiger charge is 2.43. The average Bonchev–Trinajstić information content (AvgIpc) is 2.91. The molecular weight excluding hydrogens is 254 g/mol. The first kappa shape index (κ1) is 12.1. The van der Waals surface area contributed by atoms with E-state index in [1.54, 1.807) is 18.2 Å². The lowest BCUT2D eigenvalue weighted by molar-refractivity contribution is 0.389. The van der Waals surface area contributed by atoms with E-state index in [9.17, 15) is 8.42 Å². The van der Waals surface area contributed by atoms with Crippen LogP contribution in [0.1, 0.15) is 11.5 Å². The molecule has 6 nitrogen and oxygen atoms in total. The average molecular weight is 271 g/mol. The van der Waals surface area contributed by atoms with Crippen LogP contribution in [0.5, 0.6) is 0 Å². The van der Waals surface area contributed by atoms with E-state index >= 15 is 0 Å². The van der Waals surface area contributed by atoms with Crippen molar-refractivity contribution < 1.29 is 12.9 Å². The SMILES string of the molecule is Cc1noc(C)c1S(=O)(=O)N1CC2CNCC2C1. The molecule has 100 valence electrons. The standard InChI is InChI=1S/C11H17N3O3S/c1-7-11(8(2)17-13-7)18(15,16)14-5-9-3-12-4-10(9)6-14/h9-10,12H,3-6H2,1-2H3. The molecule has 0 bridgehead atoms. The second-order valence-electron chi connectivity index (χ2n) is 5.15. The molecule has 2 unspecified atom stereocenters. The second kappa shape index (κ2) is 4.04. The van der Waals surface area contributed by atoms with E-state index < -0.39 is 10.0 Å². The summed E-state index contributed by atoms with van der Waals surface area (Å²) in [6.45, 7) is 6.35. The molecule has 0 spiro atoms. The summed E-state index contributed by atoms with van der Waals surface area (Å²) in [5.41, 5.74) is 0.447. The molecule has 3 rings (SSSR count). The van der Waals surface area contributed by atoms with Crippen molar-refractivity contribution in [1.29, 1.82) is 0 Å². The number of aryl methyl sites for hydroxylation is 2. The van der Waals surface area contributed by atoms with Gasteiger partial charge in [0.1, 0.15) is 10.6 Å². The van der Waals surface area contributed by atoms with Crippen molar-refractivity contribution in [3.05, 3.63) is 11.5 Å². The highest BCUT2D eigenvalue weighted by atomic mass is 32.2. The molecule has 1 N–H and O–H groups in total. The van der Waals surface area contributed by atoms with Crippen molar-refractivity contribution in [3.63, 3.8) is 0 Å². The number of aromatic nitrogens is 1. The van der Waals surface area contributed by atoms with Crippen LogP contribution >= 0.6 is 0 Å². The maximum absolute atomic E-state index is 12.6. The topological polar surface area (TPSA) is 75.4 Å². The van der Waals surface area contributed by atoms with E-state index in [0.717, 1.165) is 13.1 Å². The summed E-state index contributed by atoms with van der Waals surface area (Å²) in [6, 6.07) is 0. The summed E-state index contributed by atoms with van der Waals surface area (Å²) < 4.78 is 31.7. The van der Waals surface area contributed by atoms with Crippen LogP contribution in [0.4, 0.5) is 0 Å². The van der Waals surface area contributed by atoms with E-state index in [2.05, 4.69) is 10.5 Å². The first-order valence-electron chi connectivity index (χ1n) is 6.14. The lowest BCUT2D eigenvalue weighted by Gasteiger charge is -2.16. The Morgan fingerprint density at radius 3 is 2.39 bits per heavy atom. The quantitative estimate of drug-likeness (QED) is 0.827. The number of hydrogen-bond donors (Lipinski definition) is 1. The Morgan fingerprint density at radius 2 is 1.89 bits per heavy atom. The molecular formula is C11H17N3O3S. The number of nitrogens with zero attached hydrogens (tertiary/aromatic N) is 2. The largest absolute Gasteiger partial charge is 0.360 e. The molecule has 2 atom stereocenters. The van der Waals surface area contributed by atoms with Gasteiger partial charge in [0.2, 0.25) is 10.0 Å². The molecule has 2 saturated heterocycles. The van der Waals surface area contributed by atoms with Crippen LogP contribution in [0.15, 0.2) is 9.42 Å². The van der Waals surface area contributed by atoms with Gasteiger partial charge in [-0.1, -0.05) is 5.16 Å². The van der Waals surface area contributed by atoms with Gasteiger partial charge in [-0.15, -0.1) is 0 Å². The normalized spacial score (nSPS) is 28.8. The number of sulfonamides is 1. The van der Waals surface area contributed by atoms with Crippen molar-refractivity contribution in [1.82, 2.24) is 14.8 Å². The first-order chi connectivity index (χ1) is 8.50. The van der Waals surface area contributed by atoms with Crippen LogP contribution < -0.4 is 5.32 Å². The minimum atomic E-state index is -3.45. The van der Waals surface area contributed by atoms with Gasteiger partial charge in [0.05, 0.1) is 0 Å². The lowest BCUT2D eigenvalue weighted by atomic mass is 10.0. The molecule has 2 aliphatic rings. The molecule has 2 aliphatic heterocycles. The van der Waals surface area contributed by atoms with Crippen LogP contribution in [0.3, 0.4) is 0 Å². The summed E-state index contributed by atoms with van der Waals surface area (Å²) in [4.78, 5) is 0.246. The summed E-state index contributed by atoms with van der Waals surface area (Å²) in [7, 11) is -3.45. The predicted octanol–water partition coefficient (Wildman–Crippen LogP) is 0.131. The van der Waals surface area contributed by atoms with Gasteiger partial charge < -0.3 is 9.84 Å². The fourth-order valence-corrected chi connectivity index (χ4v) is 4.83. The maximum Gasteiger partial charge on any atom is 0.248 e. The van der Waals surface area contributed by atoms with E-state index in [1.165, 1.54) is 0 Å². The molecule has 3 heterocycles. The number of fused-ring (bicyclic) bond motifs is 1. The Kier molecular flexibility index (Phi) is 2.72. The molecule has 7 heteroatoms. The predicted molar refractivity (Wildman–Crippen MR) is 64.6 cm³/mol. The van der Waals surface area contributed by atoms with E-state index in [-0.39, 0.29) is 4.90 Å². The van der Waals surface area contributed by atoms with Gasteiger partial charge in [0, 0.05) is 13.1 Å². The van der Waals surface area contributed by atoms with Crippen LogP contribution in [0, 0.1) is 25.7 Å². The Labute approximate surface area is 106 Å². The minimum Gasteiger partial charge on any atom is -0.360 e. The summed E-state index contributed by atoms with van der Waals surface area (Å²) in [5, 5.41) is 7.03. The third kappa shape index (κ3) is 1.69. The molecule has 0 aromatic carbocycles. The molecule has 2 fully saturated rings. The van der Waals surface area contributed by atoms with Gasteiger partial charge in [-0.05, 0) is 38.8 Å². The van der Waals surface area contributed by atoms with Crippen LogP contribution in [-0.4, -0.2) is 44.1 Å². The Hall–Kier alpha value is -0.920. The molecule has 0 saturated carbocycles. The van der Waals surface area contributed by atoms with Gasteiger partial charge in [0.25, 0.3) is 0 Å². The van der Waals surface area contributed by atoms with Crippen molar-refractivity contribution in [2.45, 2.75) is 18.7 Å². The third-order valence-electron chi connectivity index (χ3n) is 3.92. The zero-order chi connectivity index (χ0) is 12.9. The van der Waals surface area contributed by atoms with Crippen molar-refractivity contribution in [3.8, 4) is 0 Å². The smallest absolute Gasteiger partial charge is 0.248 e. The molecule has 0 radical (unpaired) electrons. The molecule has 18 heavy (non-hydrogen) atoms. The molecule has 0 aliphatic carbocycles. The van der Waals surface area contributed by atoms with Gasteiger partial charge in [-0.3, -0.25) is 0 Å². The van der Waals surface area contributed by atoms with Gasteiger partial charge in [-0.25, -0.2) is 8.42 Å². The van der Waals surface area contributed by atoms with E-state index in [0.29, 0.717) is 36.4 Å². The molecule has 1 aromatic rings. The van der Waals surface area contributed by atoms with Crippen molar-refractivity contribution in [2.24, 2.45) is 11.8 Å².